The van der Waals surface area contributed by atoms with Gasteiger partial charge in [-0.25, -0.2) is 14.6 Å². The molecule has 26 heavy (non-hydrogen) atoms. The molecule has 138 valence electrons. The number of hydrogen-bond acceptors (Lipinski definition) is 5. The number of nitrogens with one attached hydrogen (secondary N) is 1. The number of Topliss-reactive ketones (excluding diaryl/α,β-unsaturated/α-hetero) is 1. The Morgan fingerprint density at radius 2 is 1.73 bits per heavy atom. The van der Waals surface area contributed by atoms with Crippen LogP contribution in [0.5, 0.6) is 5.75 Å². The molecule has 0 atom stereocenters. The van der Waals surface area contributed by atoms with Crippen molar-refractivity contribution in [2.24, 2.45) is 0 Å². The van der Waals surface area contributed by atoms with Crippen LogP contribution in [-0.2, 0) is 16.0 Å². The number of aliphatic carboxylic acids is 2. The summed E-state index contributed by atoms with van der Waals surface area (Å²) in [5.41, 5.74) is 1.82. The van der Waals surface area contributed by atoms with E-state index in [2.05, 4.69) is 9.97 Å². The number of aryl methyl sites for hydroxylation is 1. The molecular formula is C18H20N2O6. The second-order valence-corrected chi connectivity index (χ2v) is 5.12. The van der Waals surface area contributed by atoms with Gasteiger partial charge in [0.2, 0.25) is 0 Å². The lowest BCUT2D eigenvalue weighted by Crippen LogP contribution is -2.00. The van der Waals surface area contributed by atoms with Gasteiger partial charge in [0.15, 0.2) is 5.78 Å². The van der Waals surface area contributed by atoms with Gasteiger partial charge in [-0.2, -0.15) is 0 Å². The van der Waals surface area contributed by atoms with E-state index in [1.165, 1.54) is 0 Å². The molecule has 0 bridgehead atoms. The first-order chi connectivity index (χ1) is 12.4. The molecule has 1 aromatic heterocycles. The quantitative estimate of drug-likeness (QED) is 0.374. The van der Waals surface area contributed by atoms with E-state index >= 15 is 0 Å². The van der Waals surface area contributed by atoms with Crippen LogP contribution in [0.2, 0.25) is 0 Å². The second kappa shape index (κ2) is 11.2. The van der Waals surface area contributed by atoms with E-state index in [0.717, 1.165) is 24.3 Å². The number of hydrogen-bond donors (Lipinski definition) is 3. The molecule has 0 fully saturated rings. The van der Waals surface area contributed by atoms with Crippen molar-refractivity contribution in [1.82, 2.24) is 9.97 Å². The number of carbonyl (C=O) groups excluding carboxylic acids is 1. The van der Waals surface area contributed by atoms with Crippen LogP contribution in [0.25, 0.3) is 0 Å². The van der Waals surface area contributed by atoms with Crippen molar-refractivity contribution in [2.75, 3.05) is 6.61 Å². The lowest BCUT2D eigenvalue weighted by molar-refractivity contribution is -0.134. The van der Waals surface area contributed by atoms with Crippen LogP contribution in [0.4, 0.5) is 0 Å². The maximum Gasteiger partial charge on any atom is 0.328 e. The molecule has 0 unspecified atom stereocenters. The van der Waals surface area contributed by atoms with Gasteiger partial charge in [-0.15, -0.1) is 0 Å². The summed E-state index contributed by atoms with van der Waals surface area (Å²) in [5, 5.41) is 15.6. The fraction of sp³-hybridized carbons (Fsp3) is 0.222. The number of carboxylic acids is 2. The molecule has 0 spiro atoms. The van der Waals surface area contributed by atoms with Gasteiger partial charge in [-0.05, 0) is 44.0 Å². The number of imidazole rings is 1. The number of ether oxygens (including phenoxy) is 1. The van der Waals surface area contributed by atoms with Crippen molar-refractivity contribution in [1.29, 1.82) is 0 Å². The van der Waals surface area contributed by atoms with Crippen LogP contribution < -0.4 is 4.74 Å². The summed E-state index contributed by atoms with van der Waals surface area (Å²) in [6, 6.07) is 7.22. The third-order valence-electron chi connectivity index (χ3n) is 3.04. The summed E-state index contributed by atoms with van der Waals surface area (Å²) in [5.74, 6) is -1.65. The summed E-state index contributed by atoms with van der Waals surface area (Å²) in [7, 11) is 0. The maximum atomic E-state index is 11.1. The number of benzene rings is 1. The molecule has 0 radical (unpaired) electrons. The first-order valence-corrected chi connectivity index (χ1v) is 7.73. The van der Waals surface area contributed by atoms with E-state index in [4.69, 9.17) is 14.9 Å². The molecule has 8 nitrogen and oxygen atoms in total. The zero-order valence-corrected chi connectivity index (χ0v) is 14.2. The Labute approximate surface area is 150 Å². The molecule has 0 aliphatic carbocycles. The number of H-pyrrole nitrogens is 1. The topological polar surface area (TPSA) is 130 Å². The van der Waals surface area contributed by atoms with Gasteiger partial charge >= 0.3 is 11.9 Å². The Hall–Kier alpha value is -3.42. The van der Waals surface area contributed by atoms with E-state index < -0.39 is 11.9 Å². The van der Waals surface area contributed by atoms with Gasteiger partial charge in [0.25, 0.3) is 0 Å². The van der Waals surface area contributed by atoms with E-state index in [1.54, 1.807) is 25.4 Å². The van der Waals surface area contributed by atoms with Crippen LogP contribution in [0.1, 0.15) is 29.4 Å². The highest BCUT2D eigenvalue weighted by molar-refractivity contribution is 5.94. The summed E-state index contributed by atoms with van der Waals surface area (Å²) >= 11 is 0. The lowest BCUT2D eigenvalue weighted by atomic mass is 10.1. The zero-order valence-electron chi connectivity index (χ0n) is 14.2. The first-order valence-electron chi connectivity index (χ1n) is 7.73. The number of rotatable bonds is 8. The van der Waals surface area contributed by atoms with Gasteiger partial charge in [0, 0.05) is 29.6 Å². The minimum Gasteiger partial charge on any atom is -0.494 e. The van der Waals surface area contributed by atoms with Crippen LogP contribution in [0.3, 0.4) is 0 Å². The van der Waals surface area contributed by atoms with Crippen LogP contribution >= 0.6 is 0 Å². The molecule has 0 saturated carbocycles. The number of carbonyl (C=O) groups is 3. The Morgan fingerprint density at radius 1 is 1.12 bits per heavy atom. The number of aromatic nitrogens is 2. The Balaban J connectivity index is 0.000000359. The summed E-state index contributed by atoms with van der Waals surface area (Å²) < 4.78 is 5.59. The Morgan fingerprint density at radius 3 is 2.19 bits per heavy atom. The summed E-state index contributed by atoms with van der Waals surface area (Å²) in [6.07, 6.45) is 6.46. The average molecular weight is 360 g/mol. The third kappa shape index (κ3) is 9.02. The van der Waals surface area contributed by atoms with E-state index in [1.807, 2.05) is 18.3 Å². The number of carboxylic acid groups (broad SMARTS) is 2. The number of ketones is 1. The highest BCUT2D eigenvalue weighted by Crippen LogP contribution is 2.13. The van der Waals surface area contributed by atoms with Gasteiger partial charge in [-0.3, -0.25) is 4.79 Å². The predicted octanol–water partition coefficient (Wildman–Crippen LogP) is 2.34. The molecule has 2 aromatic rings. The Kier molecular flexibility index (Phi) is 8.88. The van der Waals surface area contributed by atoms with Crippen molar-refractivity contribution >= 4 is 17.7 Å². The van der Waals surface area contributed by atoms with Crippen molar-refractivity contribution in [3.63, 3.8) is 0 Å². The smallest absolute Gasteiger partial charge is 0.328 e. The average Bonchev–Trinajstić information content (AvgIpc) is 3.11. The molecule has 1 aromatic carbocycles. The fourth-order valence-corrected chi connectivity index (χ4v) is 1.80. The molecule has 3 N–H and O–H groups in total. The SMILES string of the molecule is CC(=O)c1ccc(OCCCc2cnc[nH]2)cc1.O=C(O)/C=C\C(=O)O. The van der Waals surface area contributed by atoms with Gasteiger partial charge in [-0.1, -0.05) is 0 Å². The third-order valence-corrected chi connectivity index (χ3v) is 3.04. The first kappa shape index (κ1) is 20.6. The summed E-state index contributed by atoms with van der Waals surface area (Å²) in [6.45, 7) is 2.21. The molecular weight excluding hydrogens is 340 g/mol. The zero-order chi connectivity index (χ0) is 19.4. The minimum atomic E-state index is -1.26. The van der Waals surface area contributed by atoms with Crippen LogP contribution in [0.15, 0.2) is 48.9 Å². The Bertz CT molecular complexity index is 720. The minimum absolute atomic E-state index is 0.0702. The van der Waals surface area contributed by atoms with Crippen LogP contribution in [0, 0.1) is 0 Å². The molecule has 0 amide bonds. The molecule has 0 aliphatic rings. The van der Waals surface area contributed by atoms with Gasteiger partial charge in [0.05, 0.1) is 12.9 Å². The van der Waals surface area contributed by atoms with E-state index in [0.29, 0.717) is 24.3 Å². The standard InChI is InChI=1S/C14H16N2O2.C4H4O4/c1-11(17)12-4-6-14(7-5-12)18-8-2-3-13-9-15-10-16-13;5-3(6)1-2-4(7)8/h4-7,9-10H,2-3,8H2,1H3,(H,15,16);1-2H,(H,5,6)(H,7,8)/b;2-1-. The van der Waals surface area contributed by atoms with E-state index in [-0.39, 0.29) is 5.78 Å². The number of aromatic amines is 1. The van der Waals surface area contributed by atoms with Gasteiger partial charge < -0.3 is 19.9 Å². The molecule has 0 saturated heterocycles. The monoisotopic (exact) mass is 360 g/mol. The molecule has 1 heterocycles. The predicted molar refractivity (Wildman–Crippen MR) is 93.3 cm³/mol. The lowest BCUT2D eigenvalue weighted by Gasteiger charge is -2.05. The van der Waals surface area contributed by atoms with E-state index in [9.17, 15) is 14.4 Å². The second-order valence-electron chi connectivity index (χ2n) is 5.12. The van der Waals surface area contributed by atoms with Crippen molar-refractivity contribution in [3.05, 3.63) is 60.2 Å². The largest absolute Gasteiger partial charge is 0.494 e. The normalized spacial score (nSPS) is 10.0. The van der Waals surface area contributed by atoms with Crippen molar-refractivity contribution in [3.8, 4) is 5.75 Å². The van der Waals surface area contributed by atoms with Crippen molar-refractivity contribution < 1.29 is 29.3 Å². The molecule has 2 rings (SSSR count). The van der Waals surface area contributed by atoms with Crippen LogP contribution in [-0.4, -0.2) is 44.5 Å². The summed E-state index contributed by atoms with van der Waals surface area (Å²) in [4.78, 5) is 37.2. The highest BCUT2D eigenvalue weighted by Gasteiger charge is 2.00. The maximum absolute atomic E-state index is 11.1. The van der Waals surface area contributed by atoms with Gasteiger partial charge in [0.1, 0.15) is 5.75 Å². The van der Waals surface area contributed by atoms with Crippen molar-refractivity contribution in [2.45, 2.75) is 19.8 Å². The fourth-order valence-electron chi connectivity index (χ4n) is 1.80. The molecule has 0 aliphatic heterocycles. The number of nitrogens with zero attached hydrogens (tertiary/aromatic N) is 1. The molecule has 8 heteroatoms. The highest BCUT2D eigenvalue weighted by atomic mass is 16.5.